The molecule has 7 nitrogen and oxygen atoms in total. The molecule has 0 amide bonds. The average molecular weight is 376 g/mol. The quantitative estimate of drug-likeness (QED) is 0.533. The molecule has 0 unspecified atom stereocenters. The van der Waals surface area contributed by atoms with E-state index in [2.05, 4.69) is 10.1 Å². The lowest BCUT2D eigenvalue weighted by Crippen LogP contribution is -2.07. The summed E-state index contributed by atoms with van der Waals surface area (Å²) in [4.78, 5) is 15.4. The van der Waals surface area contributed by atoms with Crippen molar-refractivity contribution >= 4 is 16.9 Å². The number of hydrogen-bond donors (Lipinski definition) is 1. The van der Waals surface area contributed by atoms with Crippen molar-refractivity contribution in [3.05, 3.63) is 66.0 Å². The third-order valence-corrected chi connectivity index (χ3v) is 4.61. The van der Waals surface area contributed by atoms with Crippen LogP contribution in [0.25, 0.3) is 22.2 Å². The zero-order valence-electron chi connectivity index (χ0n) is 14.8. The molecule has 5 rings (SSSR count). The Balaban J connectivity index is 1.23. The first-order valence-electron chi connectivity index (χ1n) is 8.82. The highest BCUT2D eigenvalue weighted by atomic mass is 16.7. The second-order valence-corrected chi connectivity index (χ2v) is 6.45. The number of H-pyrrole nitrogens is 1. The molecule has 7 heteroatoms. The third-order valence-electron chi connectivity index (χ3n) is 4.61. The molecular weight excluding hydrogens is 360 g/mol. The van der Waals surface area contributed by atoms with Crippen LogP contribution in [0.2, 0.25) is 0 Å². The molecule has 1 aliphatic rings. The van der Waals surface area contributed by atoms with Gasteiger partial charge in [0, 0.05) is 28.7 Å². The molecule has 0 fully saturated rings. The van der Waals surface area contributed by atoms with Gasteiger partial charge in [0.15, 0.2) is 17.3 Å². The van der Waals surface area contributed by atoms with E-state index in [4.69, 9.17) is 18.7 Å². The first kappa shape index (κ1) is 16.4. The van der Waals surface area contributed by atoms with Crippen LogP contribution in [0.4, 0.5) is 0 Å². The molecule has 2 aromatic carbocycles. The van der Waals surface area contributed by atoms with Crippen LogP contribution >= 0.6 is 0 Å². The number of esters is 1. The van der Waals surface area contributed by atoms with Gasteiger partial charge in [-0.15, -0.1) is 0 Å². The van der Waals surface area contributed by atoms with E-state index in [9.17, 15) is 4.79 Å². The molecule has 28 heavy (non-hydrogen) atoms. The maximum absolute atomic E-state index is 12.2. The minimum atomic E-state index is -0.322. The molecule has 140 valence electrons. The first-order valence-corrected chi connectivity index (χ1v) is 8.82. The Kier molecular flexibility index (Phi) is 3.97. The van der Waals surface area contributed by atoms with Crippen LogP contribution < -0.4 is 9.47 Å². The molecule has 2 aromatic heterocycles. The number of benzene rings is 2. The Hall–Kier alpha value is -3.74. The van der Waals surface area contributed by atoms with Crippen molar-refractivity contribution in [3.63, 3.8) is 0 Å². The van der Waals surface area contributed by atoms with E-state index in [1.54, 1.807) is 6.07 Å². The standard InChI is InChI=1S/C21H16N2O5/c24-21(8-14-10-22-17-4-2-1-3-16(14)17)25-11-15-9-19(28-23-15)13-5-6-18-20(7-13)27-12-26-18/h1-7,9-10,22H,8,11-12H2. The van der Waals surface area contributed by atoms with Gasteiger partial charge in [-0.25, -0.2) is 0 Å². The van der Waals surface area contributed by atoms with Gasteiger partial charge < -0.3 is 23.7 Å². The fraction of sp³-hybridized carbons (Fsp3) is 0.143. The number of nitrogens with one attached hydrogen (secondary N) is 1. The van der Waals surface area contributed by atoms with Gasteiger partial charge in [-0.2, -0.15) is 0 Å². The molecule has 0 aliphatic carbocycles. The third kappa shape index (κ3) is 3.07. The van der Waals surface area contributed by atoms with Crippen molar-refractivity contribution in [2.45, 2.75) is 13.0 Å². The predicted molar refractivity (Wildman–Crippen MR) is 99.9 cm³/mol. The number of fused-ring (bicyclic) bond motifs is 2. The Morgan fingerprint density at radius 1 is 1.11 bits per heavy atom. The fourth-order valence-electron chi connectivity index (χ4n) is 3.20. The Morgan fingerprint density at radius 2 is 2.00 bits per heavy atom. The minimum Gasteiger partial charge on any atom is -0.459 e. The van der Waals surface area contributed by atoms with E-state index < -0.39 is 0 Å². The van der Waals surface area contributed by atoms with Gasteiger partial charge in [0.1, 0.15) is 12.3 Å². The van der Waals surface area contributed by atoms with Crippen LogP contribution in [-0.4, -0.2) is 22.9 Å². The lowest BCUT2D eigenvalue weighted by atomic mass is 10.1. The zero-order valence-corrected chi connectivity index (χ0v) is 14.8. The molecular formula is C21H16N2O5. The molecule has 4 aromatic rings. The predicted octanol–water partition coefficient (Wildman–Crippen LogP) is 3.84. The van der Waals surface area contributed by atoms with E-state index >= 15 is 0 Å². The largest absolute Gasteiger partial charge is 0.459 e. The molecule has 1 N–H and O–H groups in total. The van der Waals surface area contributed by atoms with Gasteiger partial charge in [0.25, 0.3) is 0 Å². The van der Waals surface area contributed by atoms with Gasteiger partial charge in [-0.1, -0.05) is 23.4 Å². The van der Waals surface area contributed by atoms with Crippen molar-refractivity contribution in [1.82, 2.24) is 10.1 Å². The summed E-state index contributed by atoms with van der Waals surface area (Å²) in [6.45, 7) is 0.266. The highest BCUT2D eigenvalue weighted by Gasteiger charge is 2.16. The number of aromatic nitrogens is 2. The summed E-state index contributed by atoms with van der Waals surface area (Å²) in [6.07, 6.45) is 2.02. The summed E-state index contributed by atoms with van der Waals surface area (Å²) in [6, 6.07) is 15.1. The van der Waals surface area contributed by atoms with E-state index in [0.717, 1.165) is 22.0 Å². The Labute approximate surface area is 159 Å². The average Bonchev–Trinajstić information content (AvgIpc) is 3.46. The maximum atomic E-state index is 12.2. The summed E-state index contributed by atoms with van der Waals surface area (Å²) in [5.74, 6) is 1.62. The second kappa shape index (κ2) is 6.77. The summed E-state index contributed by atoms with van der Waals surface area (Å²) in [5.41, 5.74) is 3.25. The number of carbonyl (C=O) groups is 1. The highest BCUT2D eigenvalue weighted by molar-refractivity contribution is 5.87. The fourth-order valence-corrected chi connectivity index (χ4v) is 3.20. The number of carbonyl (C=O) groups excluding carboxylic acids is 1. The number of hydrogen-bond acceptors (Lipinski definition) is 6. The first-order chi connectivity index (χ1) is 13.8. The van der Waals surface area contributed by atoms with Crippen LogP contribution in [0, 0.1) is 0 Å². The minimum absolute atomic E-state index is 0.0508. The highest BCUT2D eigenvalue weighted by Crippen LogP contribution is 2.36. The topological polar surface area (TPSA) is 86.6 Å². The number of ether oxygens (including phenoxy) is 3. The lowest BCUT2D eigenvalue weighted by molar-refractivity contribution is -0.144. The molecule has 0 saturated heterocycles. The van der Waals surface area contributed by atoms with Gasteiger partial charge >= 0.3 is 5.97 Å². The van der Waals surface area contributed by atoms with Gasteiger partial charge in [-0.05, 0) is 29.8 Å². The van der Waals surface area contributed by atoms with Crippen LogP contribution in [-0.2, 0) is 22.6 Å². The van der Waals surface area contributed by atoms with Crippen LogP contribution in [0.1, 0.15) is 11.3 Å². The number of aromatic amines is 1. The van der Waals surface area contributed by atoms with Crippen LogP contribution in [0.3, 0.4) is 0 Å². The van der Waals surface area contributed by atoms with Crippen LogP contribution in [0.15, 0.2) is 59.3 Å². The summed E-state index contributed by atoms with van der Waals surface area (Å²) in [5, 5.41) is 4.99. The number of para-hydroxylation sites is 1. The monoisotopic (exact) mass is 376 g/mol. The van der Waals surface area contributed by atoms with Gasteiger partial charge in [-0.3, -0.25) is 4.79 Å². The SMILES string of the molecule is O=C(Cc1c[nH]c2ccccc12)OCc1cc(-c2ccc3c(c2)OCO3)on1. The van der Waals surface area contributed by atoms with E-state index in [0.29, 0.717) is 23.0 Å². The molecule has 0 radical (unpaired) electrons. The van der Waals surface area contributed by atoms with Crippen molar-refractivity contribution in [3.8, 4) is 22.8 Å². The second-order valence-electron chi connectivity index (χ2n) is 6.45. The zero-order chi connectivity index (χ0) is 18.9. The van der Waals surface area contributed by atoms with Crippen molar-refractivity contribution < 1.29 is 23.5 Å². The molecule has 0 atom stereocenters. The summed E-state index contributed by atoms with van der Waals surface area (Å²) >= 11 is 0. The van der Waals surface area contributed by atoms with Gasteiger partial charge in [0.05, 0.1) is 6.42 Å². The lowest BCUT2D eigenvalue weighted by Gasteiger charge is -2.02. The molecule has 0 saturated carbocycles. The maximum Gasteiger partial charge on any atom is 0.310 e. The molecule has 0 bridgehead atoms. The molecule has 1 aliphatic heterocycles. The molecule has 0 spiro atoms. The Morgan fingerprint density at radius 3 is 2.96 bits per heavy atom. The normalized spacial score (nSPS) is 12.4. The number of rotatable bonds is 5. The summed E-state index contributed by atoms with van der Waals surface area (Å²) < 4.78 is 21.4. The Bertz CT molecular complexity index is 1160. The van der Waals surface area contributed by atoms with E-state index in [1.807, 2.05) is 48.7 Å². The van der Waals surface area contributed by atoms with Gasteiger partial charge in [0.2, 0.25) is 6.79 Å². The van der Waals surface area contributed by atoms with Crippen molar-refractivity contribution in [2.24, 2.45) is 0 Å². The molecule has 3 heterocycles. The number of nitrogens with zero attached hydrogens (tertiary/aromatic N) is 1. The van der Waals surface area contributed by atoms with E-state index in [1.165, 1.54) is 0 Å². The van der Waals surface area contributed by atoms with Crippen LogP contribution in [0.5, 0.6) is 11.5 Å². The van der Waals surface area contributed by atoms with Crippen molar-refractivity contribution in [2.75, 3.05) is 6.79 Å². The van der Waals surface area contributed by atoms with Crippen molar-refractivity contribution in [1.29, 1.82) is 0 Å². The van der Waals surface area contributed by atoms with E-state index in [-0.39, 0.29) is 25.8 Å². The smallest absolute Gasteiger partial charge is 0.310 e. The summed E-state index contributed by atoms with van der Waals surface area (Å²) in [7, 11) is 0.